The molecule has 1 aliphatic heterocycles. The standard InChI is InChI=1S/C15H20N2O3/c1-2-17(8-7-14(18)19)15(20)13-9-11-5-3-4-6-12(11)10-16-13/h3-6,13,16H,2,7-10H2,1H3,(H,18,19). The van der Waals surface area contributed by atoms with E-state index < -0.39 is 5.97 Å². The Kier molecular flexibility index (Phi) is 4.74. The van der Waals surface area contributed by atoms with Crippen LogP contribution in [0.25, 0.3) is 0 Å². The van der Waals surface area contributed by atoms with Crippen LogP contribution in [0.2, 0.25) is 0 Å². The van der Waals surface area contributed by atoms with Crippen LogP contribution in [0.15, 0.2) is 24.3 Å². The highest BCUT2D eigenvalue weighted by Gasteiger charge is 2.27. The van der Waals surface area contributed by atoms with Gasteiger partial charge in [-0.15, -0.1) is 0 Å². The highest BCUT2D eigenvalue weighted by Crippen LogP contribution is 2.17. The molecule has 1 amide bonds. The average Bonchev–Trinajstić information content (AvgIpc) is 2.47. The maximum atomic E-state index is 12.4. The molecule has 0 aliphatic carbocycles. The third-order valence-electron chi connectivity index (χ3n) is 3.67. The number of carboxylic acids is 1. The molecule has 0 saturated carbocycles. The van der Waals surface area contributed by atoms with Crippen molar-refractivity contribution in [3.63, 3.8) is 0 Å². The van der Waals surface area contributed by atoms with E-state index in [0.29, 0.717) is 19.5 Å². The molecule has 0 spiro atoms. The normalized spacial score (nSPS) is 17.4. The number of carbonyl (C=O) groups excluding carboxylic acids is 1. The first-order valence-electron chi connectivity index (χ1n) is 6.92. The van der Waals surface area contributed by atoms with Crippen molar-refractivity contribution in [1.29, 1.82) is 0 Å². The number of rotatable bonds is 5. The quantitative estimate of drug-likeness (QED) is 0.842. The van der Waals surface area contributed by atoms with E-state index in [9.17, 15) is 9.59 Å². The van der Waals surface area contributed by atoms with Crippen LogP contribution in [-0.4, -0.2) is 41.0 Å². The van der Waals surface area contributed by atoms with Gasteiger partial charge in [-0.3, -0.25) is 9.59 Å². The van der Waals surface area contributed by atoms with E-state index in [1.54, 1.807) is 4.90 Å². The van der Waals surface area contributed by atoms with Gasteiger partial charge in [0, 0.05) is 19.6 Å². The third-order valence-corrected chi connectivity index (χ3v) is 3.67. The van der Waals surface area contributed by atoms with Gasteiger partial charge in [-0.1, -0.05) is 24.3 Å². The van der Waals surface area contributed by atoms with Crippen LogP contribution in [0.5, 0.6) is 0 Å². The van der Waals surface area contributed by atoms with E-state index in [-0.39, 0.29) is 24.9 Å². The second-order valence-corrected chi connectivity index (χ2v) is 4.97. The largest absolute Gasteiger partial charge is 0.481 e. The molecule has 20 heavy (non-hydrogen) atoms. The van der Waals surface area contributed by atoms with Gasteiger partial charge in [-0.05, 0) is 24.5 Å². The summed E-state index contributed by atoms with van der Waals surface area (Å²) in [6.07, 6.45) is 0.654. The zero-order valence-corrected chi connectivity index (χ0v) is 11.6. The third kappa shape index (κ3) is 3.36. The number of hydrogen-bond donors (Lipinski definition) is 2. The minimum absolute atomic E-state index is 0.0109. The van der Waals surface area contributed by atoms with Crippen LogP contribution in [0.1, 0.15) is 24.5 Å². The summed E-state index contributed by atoms with van der Waals surface area (Å²) >= 11 is 0. The van der Waals surface area contributed by atoms with E-state index >= 15 is 0 Å². The molecule has 1 aliphatic rings. The Hall–Kier alpha value is -1.88. The molecular weight excluding hydrogens is 256 g/mol. The minimum Gasteiger partial charge on any atom is -0.481 e. The molecule has 108 valence electrons. The maximum absolute atomic E-state index is 12.4. The van der Waals surface area contributed by atoms with Gasteiger partial charge >= 0.3 is 5.97 Å². The molecule has 0 saturated heterocycles. The summed E-state index contributed by atoms with van der Waals surface area (Å²) in [4.78, 5) is 24.7. The van der Waals surface area contributed by atoms with Crippen molar-refractivity contribution < 1.29 is 14.7 Å². The van der Waals surface area contributed by atoms with Gasteiger partial charge in [0.1, 0.15) is 0 Å². The number of benzene rings is 1. The van der Waals surface area contributed by atoms with Gasteiger partial charge in [-0.2, -0.15) is 0 Å². The first kappa shape index (κ1) is 14.5. The molecule has 0 radical (unpaired) electrons. The van der Waals surface area contributed by atoms with Crippen LogP contribution in [0.4, 0.5) is 0 Å². The molecule has 5 heteroatoms. The smallest absolute Gasteiger partial charge is 0.305 e. The van der Waals surface area contributed by atoms with E-state index in [1.165, 1.54) is 11.1 Å². The summed E-state index contributed by atoms with van der Waals surface area (Å²) in [6, 6.07) is 7.83. The highest BCUT2D eigenvalue weighted by molar-refractivity contribution is 5.83. The topological polar surface area (TPSA) is 69.6 Å². The molecule has 5 nitrogen and oxygen atoms in total. The fourth-order valence-corrected chi connectivity index (χ4v) is 2.50. The number of nitrogens with one attached hydrogen (secondary N) is 1. The summed E-state index contributed by atoms with van der Waals surface area (Å²) < 4.78 is 0. The Labute approximate surface area is 118 Å². The lowest BCUT2D eigenvalue weighted by Gasteiger charge is -2.30. The molecule has 1 aromatic rings. The van der Waals surface area contributed by atoms with Crippen molar-refractivity contribution >= 4 is 11.9 Å². The summed E-state index contributed by atoms with van der Waals surface area (Å²) in [5, 5.41) is 12.0. The number of fused-ring (bicyclic) bond motifs is 1. The molecule has 0 fully saturated rings. The monoisotopic (exact) mass is 276 g/mol. The van der Waals surface area contributed by atoms with E-state index in [1.807, 2.05) is 25.1 Å². The molecular formula is C15H20N2O3. The van der Waals surface area contributed by atoms with Crippen LogP contribution >= 0.6 is 0 Å². The van der Waals surface area contributed by atoms with Crippen LogP contribution in [0.3, 0.4) is 0 Å². The van der Waals surface area contributed by atoms with Gasteiger partial charge in [-0.25, -0.2) is 0 Å². The Morgan fingerprint density at radius 2 is 2.05 bits per heavy atom. The van der Waals surface area contributed by atoms with E-state index in [2.05, 4.69) is 11.4 Å². The molecule has 1 heterocycles. The van der Waals surface area contributed by atoms with Gasteiger partial charge < -0.3 is 15.3 Å². The predicted molar refractivity (Wildman–Crippen MR) is 75.3 cm³/mol. The number of likely N-dealkylation sites (N-methyl/N-ethyl adjacent to an activating group) is 1. The Morgan fingerprint density at radius 1 is 1.35 bits per heavy atom. The van der Waals surface area contributed by atoms with Crippen molar-refractivity contribution in [2.24, 2.45) is 0 Å². The van der Waals surface area contributed by atoms with Gasteiger partial charge in [0.05, 0.1) is 12.5 Å². The average molecular weight is 276 g/mol. The van der Waals surface area contributed by atoms with Crippen molar-refractivity contribution in [3.05, 3.63) is 35.4 Å². The fourth-order valence-electron chi connectivity index (χ4n) is 2.50. The molecule has 2 rings (SSSR count). The number of aliphatic carboxylic acids is 1. The Balaban J connectivity index is 2.01. The number of nitrogens with zero attached hydrogens (tertiary/aromatic N) is 1. The summed E-state index contributed by atoms with van der Waals surface area (Å²) in [7, 11) is 0. The van der Waals surface area contributed by atoms with Gasteiger partial charge in [0.2, 0.25) is 5.91 Å². The van der Waals surface area contributed by atoms with Crippen molar-refractivity contribution in [3.8, 4) is 0 Å². The zero-order valence-electron chi connectivity index (χ0n) is 11.6. The summed E-state index contributed by atoms with van der Waals surface area (Å²) in [5.41, 5.74) is 2.42. The Morgan fingerprint density at radius 3 is 2.70 bits per heavy atom. The first-order valence-corrected chi connectivity index (χ1v) is 6.92. The lowest BCUT2D eigenvalue weighted by Crippen LogP contribution is -2.49. The molecule has 2 N–H and O–H groups in total. The van der Waals surface area contributed by atoms with Crippen molar-refractivity contribution in [2.45, 2.75) is 32.4 Å². The minimum atomic E-state index is -0.877. The molecule has 1 atom stereocenters. The second-order valence-electron chi connectivity index (χ2n) is 4.97. The van der Waals surface area contributed by atoms with Gasteiger partial charge in [0.25, 0.3) is 0 Å². The van der Waals surface area contributed by atoms with Gasteiger partial charge in [0.15, 0.2) is 0 Å². The lowest BCUT2D eigenvalue weighted by molar-refractivity contribution is -0.139. The van der Waals surface area contributed by atoms with Crippen molar-refractivity contribution in [2.75, 3.05) is 13.1 Å². The van der Waals surface area contributed by atoms with Crippen LogP contribution in [0, 0.1) is 0 Å². The molecule has 0 bridgehead atoms. The molecule has 0 aromatic heterocycles. The number of hydrogen-bond acceptors (Lipinski definition) is 3. The Bertz CT molecular complexity index is 502. The zero-order chi connectivity index (χ0) is 14.5. The van der Waals surface area contributed by atoms with Crippen LogP contribution < -0.4 is 5.32 Å². The lowest BCUT2D eigenvalue weighted by atomic mass is 9.95. The van der Waals surface area contributed by atoms with E-state index in [0.717, 1.165) is 0 Å². The summed E-state index contributed by atoms with van der Waals surface area (Å²) in [5.74, 6) is -0.888. The van der Waals surface area contributed by atoms with Crippen LogP contribution in [-0.2, 0) is 22.6 Å². The summed E-state index contributed by atoms with van der Waals surface area (Å²) in [6.45, 7) is 3.36. The molecule has 1 aromatic carbocycles. The van der Waals surface area contributed by atoms with Crippen molar-refractivity contribution in [1.82, 2.24) is 10.2 Å². The number of carbonyl (C=O) groups is 2. The fraction of sp³-hybridized carbons (Fsp3) is 0.467. The number of amides is 1. The SMILES string of the molecule is CCN(CCC(=O)O)C(=O)C1Cc2ccccc2CN1. The van der Waals surface area contributed by atoms with E-state index in [4.69, 9.17) is 5.11 Å². The molecule has 1 unspecified atom stereocenters. The highest BCUT2D eigenvalue weighted by atomic mass is 16.4. The second kappa shape index (κ2) is 6.52. The maximum Gasteiger partial charge on any atom is 0.305 e. The number of carboxylic acid groups (broad SMARTS) is 1. The first-order chi connectivity index (χ1) is 9.61. The predicted octanol–water partition coefficient (Wildman–Crippen LogP) is 1.02.